The summed E-state index contributed by atoms with van der Waals surface area (Å²) in [7, 11) is 2.24. The summed E-state index contributed by atoms with van der Waals surface area (Å²) in [5.74, 6) is 0. The van der Waals surface area contributed by atoms with E-state index in [1.165, 1.54) is 30.3 Å². The van der Waals surface area contributed by atoms with Crippen molar-refractivity contribution in [3.8, 4) is 0 Å². The molecule has 1 saturated heterocycles. The Morgan fingerprint density at radius 1 is 1.35 bits per heavy atom. The van der Waals surface area contributed by atoms with Gasteiger partial charge in [-0.3, -0.25) is 0 Å². The number of likely N-dealkylation sites (tertiary alicyclic amines) is 1. The van der Waals surface area contributed by atoms with Crippen LogP contribution in [0.25, 0.3) is 10.9 Å². The van der Waals surface area contributed by atoms with Gasteiger partial charge in [0.15, 0.2) is 0 Å². The molecule has 2 heterocycles. The molecule has 0 aliphatic carbocycles. The number of nitrogens with zero attached hydrogens (tertiary/aromatic N) is 2. The summed E-state index contributed by atoms with van der Waals surface area (Å²) in [6.07, 6.45) is 4.88. The SMILES string of the molecule is CN1CCC[C@H]1Cn1ccc2cc(Br)ccc21. The Kier molecular flexibility index (Phi) is 2.97. The van der Waals surface area contributed by atoms with Gasteiger partial charge < -0.3 is 9.47 Å². The lowest BCUT2D eigenvalue weighted by atomic mass is 10.2. The smallest absolute Gasteiger partial charge is 0.0481 e. The largest absolute Gasteiger partial charge is 0.346 e. The second-order valence-corrected chi connectivity index (χ2v) is 5.86. The van der Waals surface area contributed by atoms with E-state index in [2.05, 4.69) is 62.9 Å². The summed E-state index contributed by atoms with van der Waals surface area (Å²) in [6, 6.07) is 9.42. The lowest BCUT2D eigenvalue weighted by Crippen LogP contribution is -2.28. The van der Waals surface area contributed by atoms with E-state index < -0.39 is 0 Å². The Morgan fingerprint density at radius 3 is 3.00 bits per heavy atom. The van der Waals surface area contributed by atoms with Crippen molar-refractivity contribution in [3.05, 3.63) is 34.9 Å². The number of fused-ring (bicyclic) bond motifs is 1. The third kappa shape index (κ3) is 2.14. The molecule has 0 radical (unpaired) electrons. The van der Waals surface area contributed by atoms with E-state index in [9.17, 15) is 0 Å². The van der Waals surface area contributed by atoms with Crippen LogP contribution in [0.5, 0.6) is 0 Å². The van der Waals surface area contributed by atoms with E-state index in [0.29, 0.717) is 6.04 Å². The van der Waals surface area contributed by atoms with Gasteiger partial charge in [-0.05, 0) is 50.7 Å². The number of hydrogen-bond donors (Lipinski definition) is 0. The molecule has 17 heavy (non-hydrogen) atoms. The quantitative estimate of drug-likeness (QED) is 0.822. The molecule has 0 spiro atoms. The maximum absolute atomic E-state index is 3.52. The van der Waals surface area contributed by atoms with Gasteiger partial charge in [0.25, 0.3) is 0 Å². The fraction of sp³-hybridized carbons (Fsp3) is 0.429. The Labute approximate surface area is 110 Å². The molecule has 1 atom stereocenters. The van der Waals surface area contributed by atoms with Gasteiger partial charge in [0, 0.05) is 34.2 Å². The maximum Gasteiger partial charge on any atom is 0.0481 e. The molecular formula is C14H17BrN2. The molecule has 1 fully saturated rings. The van der Waals surface area contributed by atoms with Crippen molar-refractivity contribution in [3.63, 3.8) is 0 Å². The predicted octanol–water partition coefficient (Wildman–Crippen LogP) is 3.50. The van der Waals surface area contributed by atoms with Crippen LogP contribution >= 0.6 is 15.9 Å². The summed E-state index contributed by atoms with van der Waals surface area (Å²) >= 11 is 3.52. The summed E-state index contributed by atoms with van der Waals surface area (Å²) in [6.45, 7) is 2.36. The highest BCUT2D eigenvalue weighted by molar-refractivity contribution is 9.10. The molecular weight excluding hydrogens is 276 g/mol. The Morgan fingerprint density at radius 2 is 2.24 bits per heavy atom. The molecule has 0 amide bonds. The van der Waals surface area contributed by atoms with Gasteiger partial charge >= 0.3 is 0 Å². The highest BCUT2D eigenvalue weighted by Crippen LogP contribution is 2.23. The molecule has 2 aromatic rings. The van der Waals surface area contributed by atoms with Crippen LogP contribution in [0.2, 0.25) is 0 Å². The van der Waals surface area contributed by atoms with E-state index in [1.54, 1.807) is 0 Å². The van der Waals surface area contributed by atoms with Crippen molar-refractivity contribution < 1.29 is 0 Å². The van der Waals surface area contributed by atoms with Crippen molar-refractivity contribution in [2.75, 3.05) is 13.6 Å². The lowest BCUT2D eigenvalue weighted by Gasteiger charge is -2.20. The normalized spacial score (nSPS) is 21.4. The molecule has 0 N–H and O–H groups in total. The second-order valence-electron chi connectivity index (χ2n) is 4.95. The van der Waals surface area contributed by atoms with E-state index in [0.717, 1.165) is 11.0 Å². The van der Waals surface area contributed by atoms with Gasteiger partial charge in [0.2, 0.25) is 0 Å². The molecule has 1 aromatic heterocycles. The standard InChI is InChI=1S/C14H17BrN2/c1-16-7-2-3-13(16)10-17-8-6-11-9-12(15)4-5-14(11)17/h4-6,8-9,13H,2-3,7,10H2,1H3/t13-/m0/s1. The molecule has 2 nitrogen and oxygen atoms in total. The Bertz CT molecular complexity index is 532. The molecule has 3 rings (SSSR count). The Balaban J connectivity index is 1.90. The maximum atomic E-state index is 3.52. The summed E-state index contributed by atoms with van der Waals surface area (Å²) in [4.78, 5) is 2.48. The fourth-order valence-electron chi connectivity index (χ4n) is 2.77. The van der Waals surface area contributed by atoms with E-state index in [4.69, 9.17) is 0 Å². The molecule has 0 unspecified atom stereocenters. The number of aromatic nitrogens is 1. The average Bonchev–Trinajstić information content (AvgIpc) is 2.87. The molecule has 1 aliphatic rings. The van der Waals surface area contributed by atoms with Gasteiger partial charge in [0.05, 0.1) is 0 Å². The molecule has 3 heteroatoms. The van der Waals surface area contributed by atoms with Crippen LogP contribution in [0.1, 0.15) is 12.8 Å². The van der Waals surface area contributed by atoms with Crippen LogP contribution in [-0.4, -0.2) is 29.1 Å². The van der Waals surface area contributed by atoms with Crippen molar-refractivity contribution in [2.45, 2.75) is 25.4 Å². The van der Waals surface area contributed by atoms with Crippen LogP contribution in [-0.2, 0) is 6.54 Å². The van der Waals surface area contributed by atoms with E-state index >= 15 is 0 Å². The van der Waals surface area contributed by atoms with Crippen molar-refractivity contribution >= 4 is 26.8 Å². The third-order valence-electron chi connectivity index (χ3n) is 3.81. The molecule has 0 bridgehead atoms. The van der Waals surface area contributed by atoms with Gasteiger partial charge in [0.1, 0.15) is 0 Å². The van der Waals surface area contributed by atoms with Gasteiger partial charge in [-0.2, -0.15) is 0 Å². The zero-order valence-electron chi connectivity index (χ0n) is 10.1. The first-order valence-corrected chi connectivity index (χ1v) is 6.98. The number of hydrogen-bond acceptors (Lipinski definition) is 1. The summed E-state index contributed by atoms with van der Waals surface area (Å²) in [5, 5.41) is 1.32. The van der Waals surface area contributed by atoms with Crippen LogP contribution < -0.4 is 0 Å². The fourth-order valence-corrected chi connectivity index (χ4v) is 3.15. The average molecular weight is 293 g/mol. The van der Waals surface area contributed by atoms with E-state index in [1.807, 2.05) is 0 Å². The van der Waals surface area contributed by atoms with Crippen molar-refractivity contribution in [1.29, 1.82) is 0 Å². The van der Waals surface area contributed by atoms with Crippen LogP contribution in [0, 0.1) is 0 Å². The zero-order valence-corrected chi connectivity index (χ0v) is 11.7. The topological polar surface area (TPSA) is 8.17 Å². The molecule has 1 aliphatic heterocycles. The van der Waals surface area contributed by atoms with Gasteiger partial charge in [-0.25, -0.2) is 0 Å². The molecule has 1 aromatic carbocycles. The number of rotatable bonds is 2. The summed E-state index contributed by atoms with van der Waals surface area (Å²) < 4.78 is 3.54. The van der Waals surface area contributed by atoms with Crippen molar-refractivity contribution in [1.82, 2.24) is 9.47 Å². The lowest BCUT2D eigenvalue weighted by molar-refractivity contribution is 0.284. The first-order valence-electron chi connectivity index (χ1n) is 6.19. The van der Waals surface area contributed by atoms with Crippen molar-refractivity contribution in [2.24, 2.45) is 0 Å². The van der Waals surface area contributed by atoms with E-state index in [-0.39, 0.29) is 0 Å². The van der Waals surface area contributed by atoms with Gasteiger partial charge in [-0.1, -0.05) is 15.9 Å². The summed E-state index contributed by atoms with van der Waals surface area (Å²) in [5.41, 5.74) is 1.34. The minimum absolute atomic E-state index is 0.703. The second kappa shape index (κ2) is 4.46. The number of likely N-dealkylation sites (N-methyl/N-ethyl adjacent to an activating group) is 1. The number of benzene rings is 1. The highest BCUT2D eigenvalue weighted by Gasteiger charge is 2.21. The zero-order chi connectivity index (χ0) is 11.8. The predicted molar refractivity (Wildman–Crippen MR) is 75.3 cm³/mol. The van der Waals surface area contributed by atoms with Crippen LogP contribution in [0.3, 0.4) is 0 Å². The number of halogens is 1. The monoisotopic (exact) mass is 292 g/mol. The highest BCUT2D eigenvalue weighted by atomic mass is 79.9. The molecule has 90 valence electrons. The minimum Gasteiger partial charge on any atom is -0.346 e. The molecule has 0 saturated carbocycles. The first kappa shape index (κ1) is 11.3. The minimum atomic E-state index is 0.703. The Hall–Kier alpha value is -0.800. The third-order valence-corrected chi connectivity index (χ3v) is 4.31. The van der Waals surface area contributed by atoms with Crippen LogP contribution in [0.4, 0.5) is 0 Å². The van der Waals surface area contributed by atoms with Gasteiger partial charge in [-0.15, -0.1) is 0 Å². The van der Waals surface area contributed by atoms with Crippen LogP contribution in [0.15, 0.2) is 34.9 Å². The first-order chi connectivity index (χ1) is 8.24.